The molecule has 9 nitrogen and oxygen atoms in total. The van der Waals surface area contributed by atoms with Crippen molar-refractivity contribution >= 4 is 27.5 Å². The Hall–Kier alpha value is -4.11. The summed E-state index contributed by atoms with van der Waals surface area (Å²) in [5.74, 6) is -0.339. The summed E-state index contributed by atoms with van der Waals surface area (Å²) in [4.78, 5) is 16.4. The van der Waals surface area contributed by atoms with Crippen LogP contribution in [0.5, 0.6) is 5.75 Å². The maximum absolute atomic E-state index is 13.7. The first-order valence-corrected chi connectivity index (χ1v) is 11.8. The molecule has 0 bridgehead atoms. The van der Waals surface area contributed by atoms with Crippen molar-refractivity contribution in [3.63, 3.8) is 0 Å². The van der Waals surface area contributed by atoms with Crippen LogP contribution in [0.1, 0.15) is 23.2 Å². The van der Waals surface area contributed by atoms with Crippen LogP contribution in [0.25, 0.3) is 16.9 Å². The Morgan fingerprint density at radius 2 is 1.78 bits per heavy atom. The lowest BCUT2D eigenvalue weighted by Gasteiger charge is -2.11. The van der Waals surface area contributed by atoms with Crippen molar-refractivity contribution in [3.05, 3.63) is 71.5 Å². The van der Waals surface area contributed by atoms with Gasteiger partial charge in [0.2, 0.25) is 10.0 Å². The fourth-order valence-corrected chi connectivity index (χ4v) is 3.86. The summed E-state index contributed by atoms with van der Waals surface area (Å²) in [7, 11) is -4.06. The van der Waals surface area contributed by atoms with Gasteiger partial charge in [-0.3, -0.25) is 5.32 Å². The van der Waals surface area contributed by atoms with Crippen molar-refractivity contribution in [3.8, 4) is 17.0 Å². The average molecular weight is 541 g/mol. The van der Waals surface area contributed by atoms with Crippen molar-refractivity contribution in [2.24, 2.45) is 5.14 Å². The van der Waals surface area contributed by atoms with Crippen molar-refractivity contribution in [2.75, 3.05) is 5.32 Å². The Bertz CT molecular complexity index is 1600. The smallest absolute Gasteiger partial charge is 0.404 e. The quantitative estimate of drug-likeness (QED) is 0.345. The number of carbonyl (C=O) groups excluding carboxylic acids is 1. The van der Waals surface area contributed by atoms with Gasteiger partial charge in [0.25, 0.3) is 6.43 Å². The fraction of sp³-hybridized carbons (Fsp3) is 0.136. The van der Waals surface area contributed by atoms with Gasteiger partial charge in [-0.1, -0.05) is 18.2 Å². The summed E-state index contributed by atoms with van der Waals surface area (Å²) in [5, 5.41) is 11.2. The molecule has 194 valence electrons. The van der Waals surface area contributed by atoms with E-state index >= 15 is 0 Å². The number of ether oxygens (including phenoxy) is 1. The third kappa shape index (κ3) is 5.51. The van der Waals surface area contributed by atoms with Crippen molar-refractivity contribution in [1.29, 1.82) is 0 Å². The van der Waals surface area contributed by atoms with Gasteiger partial charge in [-0.05, 0) is 42.8 Å². The highest BCUT2D eigenvalue weighted by Gasteiger charge is 2.30. The number of amides is 1. The molecular weight excluding hydrogens is 525 g/mol. The molecule has 1 amide bonds. The minimum atomic E-state index is -4.59. The molecule has 2 aromatic carbocycles. The highest BCUT2D eigenvalue weighted by molar-refractivity contribution is 7.89. The Kier molecular flexibility index (Phi) is 6.60. The number of rotatable bonds is 5. The molecule has 4 aromatic rings. The number of nitrogens with two attached hydrogens (primary N) is 1. The first-order chi connectivity index (χ1) is 17.2. The van der Waals surface area contributed by atoms with Gasteiger partial charge < -0.3 is 4.74 Å². The van der Waals surface area contributed by atoms with E-state index in [2.05, 4.69) is 15.4 Å². The number of hydrogen-bond acceptors (Lipinski definition) is 6. The minimum Gasteiger partial charge on any atom is -0.404 e. The molecule has 4 rings (SSSR count). The van der Waals surface area contributed by atoms with Crippen LogP contribution in [0.3, 0.4) is 0 Å². The number of alkyl halides is 5. The summed E-state index contributed by atoms with van der Waals surface area (Å²) in [6.45, 7) is 1.57. The van der Waals surface area contributed by atoms with E-state index in [1.54, 1.807) is 6.92 Å². The molecule has 0 radical (unpaired) electrons. The maximum atomic E-state index is 13.7. The second-order valence-electron chi connectivity index (χ2n) is 7.72. The monoisotopic (exact) mass is 541 g/mol. The zero-order valence-corrected chi connectivity index (χ0v) is 19.4. The van der Waals surface area contributed by atoms with E-state index < -0.39 is 40.0 Å². The molecule has 0 aliphatic rings. The summed E-state index contributed by atoms with van der Waals surface area (Å²) >= 11 is 0. The van der Waals surface area contributed by atoms with Crippen molar-refractivity contribution in [1.82, 2.24) is 14.6 Å². The maximum Gasteiger partial charge on any atom is 0.417 e. The average Bonchev–Trinajstić information content (AvgIpc) is 3.21. The summed E-state index contributed by atoms with van der Waals surface area (Å²) in [6, 6.07) is 8.41. The first-order valence-electron chi connectivity index (χ1n) is 10.2. The number of fused-ring (bicyclic) bond motifs is 1. The molecular formula is C22H16F5N5O4S. The van der Waals surface area contributed by atoms with Gasteiger partial charge in [0.05, 0.1) is 22.3 Å². The van der Waals surface area contributed by atoms with Gasteiger partial charge >= 0.3 is 12.3 Å². The number of sulfonamides is 1. The van der Waals surface area contributed by atoms with Crippen LogP contribution in [0.15, 0.2) is 59.6 Å². The molecule has 3 N–H and O–H groups in total. The molecule has 0 saturated heterocycles. The Labute approximate surface area is 205 Å². The number of aromatic nitrogens is 3. The molecule has 0 aliphatic heterocycles. The number of nitrogens with zero attached hydrogens (tertiary/aromatic N) is 3. The Morgan fingerprint density at radius 1 is 1.11 bits per heavy atom. The van der Waals surface area contributed by atoms with Crippen LogP contribution in [0.4, 0.5) is 32.4 Å². The summed E-state index contributed by atoms with van der Waals surface area (Å²) in [5.41, 5.74) is -1.38. The van der Waals surface area contributed by atoms with Gasteiger partial charge in [0.15, 0.2) is 11.4 Å². The molecule has 0 atom stereocenters. The summed E-state index contributed by atoms with van der Waals surface area (Å²) < 4.78 is 95.2. The molecule has 0 fully saturated rings. The van der Waals surface area contributed by atoms with Crippen LogP contribution in [0, 0.1) is 6.92 Å². The summed E-state index contributed by atoms with van der Waals surface area (Å²) in [6.07, 6.45) is -7.80. The van der Waals surface area contributed by atoms with Crippen LogP contribution >= 0.6 is 0 Å². The van der Waals surface area contributed by atoms with E-state index in [1.165, 1.54) is 12.1 Å². The number of anilines is 1. The van der Waals surface area contributed by atoms with Crippen molar-refractivity contribution < 1.29 is 39.9 Å². The van der Waals surface area contributed by atoms with E-state index in [-0.39, 0.29) is 33.2 Å². The zero-order valence-electron chi connectivity index (χ0n) is 18.6. The lowest BCUT2D eigenvalue weighted by Crippen LogP contribution is -2.18. The normalized spacial score (nSPS) is 12.2. The number of primary sulfonamides is 1. The highest BCUT2D eigenvalue weighted by atomic mass is 32.2. The number of benzene rings is 2. The zero-order chi connectivity index (χ0) is 27.1. The van der Waals surface area contributed by atoms with E-state index in [1.807, 2.05) is 0 Å². The van der Waals surface area contributed by atoms with Crippen LogP contribution in [0.2, 0.25) is 0 Å². The second kappa shape index (κ2) is 9.40. The lowest BCUT2D eigenvalue weighted by molar-refractivity contribution is -0.137. The lowest BCUT2D eigenvalue weighted by atomic mass is 10.1. The van der Waals surface area contributed by atoms with E-state index in [9.17, 15) is 35.2 Å². The first kappa shape index (κ1) is 26.0. The second-order valence-corrected chi connectivity index (χ2v) is 9.28. The fourth-order valence-electron chi connectivity index (χ4n) is 3.32. The minimum absolute atomic E-state index is 0.0553. The predicted octanol–water partition coefficient (Wildman–Crippen LogP) is 4.92. The van der Waals surface area contributed by atoms with Gasteiger partial charge in [0.1, 0.15) is 5.69 Å². The number of carbonyl (C=O) groups is 1. The van der Waals surface area contributed by atoms with Crippen LogP contribution < -0.4 is 15.2 Å². The Morgan fingerprint density at radius 3 is 2.38 bits per heavy atom. The molecule has 15 heteroatoms. The van der Waals surface area contributed by atoms with E-state index in [0.717, 1.165) is 47.1 Å². The Balaban J connectivity index is 1.68. The van der Waals surface area contributed by atoms with Crippen molar-refractivity contribution in [2.45, 2.75) is 24.4 Å². The number of halogens is 5. The molecule has 0 aliphatic carbocycles. The highest BCUT2D eigenvalue weighted by Crippen LogP contribution is 2.33. The third-order valence-electron chi connectivity index (χ3n) is 5.18. The SMILES string of the molecule is Cc1ccc(S(N)(=O)=O)cc1NC(=O)Oc1cnn2c(C(F)F)cc(-c3ccc(C(F)(F)F)cc3)nc12. The number of hydrogen-bond donors (Lipinski definition) is 2. The van der Waals surface area contributed by atoms with Gasteiger partial charge in [-0.25, -0.2) is 36.6 Å². The van der Waals surface area contributed by atoms with E-state index in [4.69, 9.17) is 9.88 Å². The van der Waals surface area contributed by atoms with Gasteiger partial charge in [-0.15, -0.1) is 0 Å². The number of aryl methyl sites for hydroxylation is 1. The molecule has 0 unspecified atom stereocenters. The van der Waals surface area contributed by atoms with E-state index in [0.29, 0.717) is 5.56 Å². The van der Waals surface area contributed by atoms with Crippen LogP contribution in [-0.4, -0.2) is 29.1 Å². The molecule has 2 aromatic heterocycles. The van der Waals surface area contributed by atoms with Gasteiger partial charge in [-0.2, -0.15) is 18.3 Å². The predicted molar refractivity (Wildman–Crippen MR) is 121 cm³/mol. The number of nitrogens with one attached hydrogen (secondary N) is 1. The molecule has 37 heavy (non-hydrogen) atoms. The van der Waals surface area contributed by atoms with Crippen LogP contribution in [-0.2, 0) is 16.2 Å². The molecule has 0 saturated carbocycles. The van der Waals surface area contributed by atoms with Gasteiger partial charge in [0, 0.05) is 11.3 Å². The molecule has 2 heterocycles. The molecule has 0 spiro atoms. The third-order valence-corrected chi connectivity index (χ3v) is 6.09. The largest absolute Gasteiger partial charge is 0.417 e. The topological polar surface area (TPSA) is 129 Å². The standard InChI is InChI=1S/C22H16F5N5O4S/c1-11-2-7-14(37(28,34)35)8-15(11)31-21(33)36-18-10-29-32-17(19(23)24)9-16(30-20(18)32)12-3-5-13(6-4-12)22(25,26)27/h2-10,19H,1H3,(H,31,33)(H2,28,34,35).